The Hall–Kier alpha value is -0.990. The molecule has 4 heteroatoms. The maximum Gasteiger partial charge on any atom is 0.194 e. The van der Waals surface area contributed by atoms with Gasteiger partial charge in [0.2, 0.25) is 0 Å². The molecule has 0 saturated carbocycles. The molecule has 0 atom stereocenters. The van der Waals surface area contributed by atoms with Gasteiger partial charge in [-0.05, 0) is 12.1 Å². The number of ketones is 1. The Morgan fingerprint density at radius 1 is 1.21 bits per heavy atom. The van der Waals surface area contributed by atoms with Crippen LogP contribution in [0.15, 0.2) is 22.6 Å². The molecule has 0 spiro atoms. The first kappa shape index (κ1) is 9.56. The first-order valence-corrected chi connectivity index (χ1v) is 4.73. The van der Waals surface area contributed by atoms with E-state index in [0.29, 0.717) is 21.4 Å². The number of hydrogen-bond donors (Lipinski definition) is 0. The molecule has 1 aromatic carbocycles. The van der Waals surface area contributed by atoms with E-state index in [0.717, 1.165) is 5.39 Å². The predicted molar refractivity (Wildman–Crippen MR) is 56.2 cm³/mol. The minimum Gasteiger partial charge on any atom is -0.453 e. The van der Waals surface area contributed by atoms with E-state index in [1.54, 1.807) is 18.2 Å². The minimum atomic E-state index is -0.117. The van der Waals surface area contributed by atoms with Crippen molar-refractivity contribution in [2.75, 3.05) is 0 Å². The van der Waals surface area contributed by atoms with Crippen molar-refractivity contribution in [1.29, 1.82) is 0 Å². The van der Waals surface area contributed by atoms with Crippen LogP contribution in [0.1, 0.15) is 17.5 Å². The van der Waals surface area contributed by atoms with Gasteiger partial charge in [0.15, 0.2) is 11.5 Å². The molecule has 0 radical (unpaired) electrons. The van der Waals surface area contributed by atoms with Gasteiger partial charge in [-0.15, -0.1) is 0 Å². The van der Waals surface area contributed by atoms with Crippen LogP contribution in [0.2, 0.25) is 10.0 Å². The molecule has 0 aliphatic rings. The molecule has 0 aliphatic carbocycles. The molecular formula is C10H6Cl2O2. The van der Waals surface area contributed by atoms with Crippen LogP contribution in [-0.2, 0) is 0 Å². The van der Waals surface area contributed by atoms with Crippen LogP contribution in [0.3, 0.4) is 0 Å². The van der Waals surface area contributed by atoms with Gasteiger partial charge in [-0.1, -0.05) is 23.2 Å². The standard InChI is InChI=1S/C10H6Cl2O2/c1-5(13)9-3-6-2-7(11)8(12)4-10(6)14-9/h2-4H,1H3. The Balaban J connectivity index is 2.72. The number of Topliss-reactive ketones (excluding diaryl/α,β-unsaturated/α-hetero) is 1. The second kappa shape index (κ2) is 3.30. The molecule has 0 bridgehead atoms. The fraction of sp³-hybridized carbons (Fsp3) is 0.100. The lowest BCUT2D eigenvalue weighted by molar-refractivity contribution is 0.0989. The highest BCUT2D eigenvalue weighted by Crippen LogP contribution is 2.29. The van der Waals surface area contributed by atoms with E-state index in [9.17, 15) is 4.79 Å². The first-order chi connectivity index (χ1) is 6.58. The third kappa shape index (κ3) is 1.51. The highest BCUT2D eigenvalue weighted by atomic mass is 35.5. The average molecular weight is 229 g/mol. The maximum absolute atomic E-state index is 11.0. The zero-order valence-corrected chi connectivity index (χ0v) is 8.82. The van der Waals surface area contributed by atoms with Gasteiger partial charge in [-0.3, -0.25) is 4.79 Å². The number of halogens is 2. The second-order valence-electron chi connectivity index (χ2n) is 2.97. The molecule has 72 valence electrons. The lowest BCUT2D eigenvalue weighted by Gasteiger charge is -1.93. The Morgan fingerprint density at radius 2 is 1.86 bits per heavy atom. The summed E-state index contributed by atoms with van der Waals surface area (Å²) in [5.41, 5.74) is 0.574. The van der Waals surface area contributed by atoms with E-state index >= 15 is 0 Å². The van der Waals surface area contributed by atoms with Gasteiger partial charge in [0.1, 0.15) is 5.58 Å². The van der Waals surface area contributed by atoms with Gasteiger partial charge >= 0.3 is 0 Å². The number of fused-ring (bicyclic) bond motifs is 1. The van der Waals surface area contributed by atoms with Gasteiger partial charge < -0.3 is 4.42 Å². The largest absolute Gasteiger partial charge is 0.453 e. The lowest BCUT2D eigenvalue weighted by atomic mass is 10.2. The smallest absolute Gasteiger partial charge is 0.194 e. The zero-order chi connectivity index (χ0) is 10.3. The van der Waals surface area contributed by atoms with Crippen molar-refractivity contribution in [1.82, 2.24) is 0 Å². The summed E-state index contributed by atoms with van der Waals surface area (Å²) < 4.78 is 5.27. The fourth-order valence-corrected chi connectivity index (χ4v) is 1.53. The number of rotatable bonds is 1. The fourth-order valence-electron chi connectivity index (χ4n) is 1.21. The molecule has 1 heterocycles. The Bertz CT molecular complexity index is 475. The van der Waals surface area contributed by atoms with E-state index in [-0.39, 0.29) is 5.78 Å². The van der Waals surface area contributed by atoms with E-state index in [1.165, 1.54) is 6.92 Å². The van der Waals surface area contributed by atoms with Crippen LogP contribution in [0.25, 0.3) is 11.0 Å². The van der Waals surface area contributed by atoms with Crippen LogP contribution < -0.4 is 0 Å². The van der Waals surface area contributed by atoms with Crippen molar-refractivity contribution in [2.45, 2.75) is 6.92 Å². The van der Waals surface area contributed by atoms with Crippen LogP contribution in [0.5, 0.6) is 0 Å². The van der Waals surface area contributed by atoms with Gasteiger partial charge in [-0.25, -0.2) is 0 Å². The molecule has 0 aliphatic heterocycles. The van der Waals surface area contributed by atoms with Crippen LogP contribution in [-0.4, -0.2) is 5.78 Å². The maximum atomic E-state index is 11.0. The summed E-state index contributed by atoms with van der Waals surface area (Å²) in [6.45, 7) is 1.45. The van der Waals surface area contributed by atoms with Gasteiger partial charge in [-0.2, -0.15) is 0 Å². The molecule has 2 aromatic rings. The Morgan fingerprint density at radius 3 is 2.50 bits per heavy atom. The molecule has 2 nitrogen and oxygen atoms in total. The Kier molecular flexibility index (Phi) is 2.25. The minimum absolute atomic E-state index is 0.117. The summed E-state index contributed by atoms with van der Waals surface area (Å²) in [5, 5.41) is 1.66. The number of hydrogen-bond acceptors (Lipinski definition) is 2. The van der Waals surface area contributed by atoms with Crippen LogP contribution in [0, 0.1) is 0 Å². The molecule has 1 aromatic heterocycles. The summed E-state index contributed by atoms with van der Waals surface area (Å²) >= 11 is 11.6. The number of carbonyl (C=O) groups is 1. The van der Waals surface area contributed by atoms with E-state index in [1.807, 2.05) is 0 Å². The average Bonchev–Trinajstić information content (AvgIpc) is 2.48. The monoisotopic (exact) mass is 228 g/mol. The van der Waals surface area contributed by atoms with E-state index < -0.39 is 0 Å². The molecule has 0 N–H and O–H groups in total. The van der Waals surface area contributed by atoms with Crippen molar-refractivity contribution in [3.63, 3.8) is 0 Å². The first-order valence-electron chi connectivity index (χ1n) is 3.97. The van der Waals surface area contributed by atoms with Crippen molar-refractivity contribution >= 4 is 40.0 Å². The van der Waals surface area contributed by atoms with Gasteiger partial charge in [0.05, 0.1) is 10.0 Å². The third-order valence-corrected chi connectivity index (χ3v) is 2.63. The third-order valence-electron chi connectivity index (χ3n) is 1.91. The summed E-state index contributed by atoms with van der Waals surface area (Å²) in [5.74, 6) is 0.201. The molecule has 2 rings (SSSR count). The zero-order valence-electron chi connectivity index (χ0n) is 7.30. The highest BCUT2D eigenvalue weighted by Gasteiger charge is 2.09. The molecule has 0 fully saturated rings. The van der Waals surface area contributed by atoms with Crippen molar-refractivity contribution < 1.29 is 9.21 Å². The van der Waals surface area contributed by atoms with Crippen LogP contribution in [0.4, 0.5) is 0 Å². The lowest BCUT2D eigenvalue weighted by Crippen LogP contribution is -1.85. The summed E-state index contributed by atoms with van der Waals surface area (Å²) in [7, 11) is 0. The van der Waals surface area contributed by atoms with Crippen molar-refractivity contribution in [3.05, 3.63) is 34.0 Å². The van der Waals surface area contributed by atoms with Gasteiger partial charge in [0, 0.05) is 18.4 Å². The van der Waals surface area contributed by atoms with E-state index in [2.05, 4.69) is 0 Å². The normalized spacial score (nSPS) is 10.8. The predicted octanol–water partition coefficient (Wildman–Crippen LogP) is 3.94. The highest BCUT2D eigenvalue weighted by molar-refractivity contribution is 6.42. The molecule has 0 amide bonds. The number of benzene rings is 1. The number of furan rings is 1. The summed E-state index contributed by atoms with van der Waals surface area (Å²) in [6, 6.07) is 4.93. The quantitative estimate of drug-likeness (QED) is 0.693. The molecular weight excluding hydrogens is 223 g/mol. The molecule has 0 saturated heterocycles. The Labute approximate surface area is 90.4 Å². The molecule has 0 unspecified atom stereocenters. The summed E-state index contributed by atoms with van der Waals surface area (Å²) in [4.78, 5) is 11.0. The number of carbonyl (C=O) groups excluding carboxylic acids is 1. The molecule has 14 heavy (non-hydrogen) atoms. The summed E-state index contributed by atoms with van der Waals surface area (Å²) in [6.07, 6.45) is 0. The van der Waals surface area contributed by atoms with Gasteiger partial charge in [0.25, 0.3) is 0 Å². The van der Waals surface area contributed by atoms with Crippen molar-refractivity contribution in [3.8, 4) is 0 Å². The van der Waals surface area contributed by atoms with Crippen molar-refractivity contribution in [2.24, 2.45) is 0 Å². The van der Waals surface area contributed by atoms with E-state index in [4.69, 9.17) is 27.6 Å². The SMILES string of the molecule is CC(=O)c1cc2cc(Cl)c(Cl)cc2o1. The second-order valence-corrected chi connectivity index (χ2v) is 3.79. The van der Waals surface area contributed by atoms with Crippen LogP contribution >= 0.6 is 23.2 Å². The topological polar surface area (TPSA) is 30.2 Å².